The van der Waals surface area contributed by atoms with Crippen molar-refractivity contribution in [3.05, 3.63) is 47.8 Å². The number of fused-ring (bicyclic) bond motifs is 2. The number of phenols is 2. The van der Waals surface area contributed by atoms with Crippen LogP contribution < -0.4 is 4.74 Å². The van der Waals surface area contributed by atoms with Gasteiger partial charge in [0.05, 0.1) is 12.7 Å². The Bertz CT molecular complexity index is 963. The minimum atomic E-state index is -0.380. The third-order valence-electron chi connectivity index (χ3n) is 3.98. The van der Waals surface area contributed by atoms with Crippen LogP contribution in [0.15, 0.2) is 36.5 Å². The number of benzene rings is 2. The second-order valence-corrected chi connectivity index (χ2v) is 5.09. The molecule has 5 nitrogen and oxygen atoms in total. The number of rotatable bonds is 1. The number of aromatic hydroxyl groups is 2. The normalized spacial score (nSPS) is 12.3. The minimum Gasteiger partial charge on any atom is -0.507 e. The van der Waals surface area contributed by atoms with Crippen molar-refractivity contribution in [2.75, 3.05) is 7.11 Å². The molecule has 1 aliphatic rings. The van der Waals surface area contributed by atoms with Gasteiger partial charge in [0.25, 0.3) is 0 Å². The lowest BCUT2D eigenvalue weighted by atomic mass is 9.84. The Hall–Kier alpha value is -3.08. The van der Waals surface area contributed by atoms with Crippen LogP contribution in [-0.2, 0) is 0 Å². The van der Waals surface area contributed by atoms with Gasteiger partial charge in [0.2, 0.25) is 5.78 Å². The fourth-order valence-corrected chi connectivity index (χ4v) is 3.00. The third-order valence-corrected chi connectivity index (χ3v) is 3.98. The zero-order chi connectivity index (χ0) is 15.4. The van der Waals surface area contributed by atoms with Crippen molar-refractivity contribution in [1.82, 2.24) is 4.98 Å². The lowest BCUT2D eigenvalue weighted by Crippen LogP contribution is -2.12. The Morgan fingerprint density at radius 2 is 1.86 bits per heavy atom. The summed E-state index contributed by atoms with van der Waals surface area (Å²) in [7, 11) is 1.42. The van der Waals surface area contributed by atoms with Crippen molar-refractivity contribution in [2.24, 2.45) is 0 Å². The highest BCUT2D eigenvalue weighted by Crippen LogP contribution is 2.48. The number of pyridine rings is 1. The Morgan fingerprint density at radius 1 is 1.05 bits per heavy atom. The van der Waals surface area contributed by atoms with E-state index in [4.69, 9.17) is 4.74 Å². The maximum atomic E-state index is 12.7. The van der Waals surface area contributed by atoms with E-state index in [2.05, 4.69) is 4.98 Å². The van der Waals surface area contributed by atoms with E-state index in [9.17, 15) is 15.0 Å². The van der Waals surface area contributed by atoms with E-state index < -0.39 is 0 Å². The molecule has 4 rings (SSSR count). The molecule has 0 bridgehead atoms. The van der Waals surface area contributed by atoms with Crippen LogP contribution in [-0.4, -0.2) is 28.1 Å². The quantitative estimate of drug-likeness (QED) is 0.564. The molecule has 0 amide bonds. The Balaban J connectivity index is 2.23. The number of methoxy groups -OCH3 is 1. The summed E-state index contributed by atoms with van der Waals surface area (Å²) < 4.78 is 5.07. The first-order valence-corrected chi connectivity index (χ1v) is 6.69. The molecule has 1 aliphatic carbocycles. The summed E-state index contributed by atoms with van der Waals surface area (Å²) in [5.74, 6) is -0.369. The molecule has 5 heteroatoms. The van der Waals surface area contributed by atoms with E-state index in [1.165, 1.54) is 7.11 Å². The molecule has 2 N–H and O–H groups in total. The number of carbonyl (C=O) groups is 1. The molecule has 0 aliphatic heterocycles. The average molecular weight is 293 g/mol. The van der Waals surface area contributed by atoms with Crippen LogP contribution in [0.5, 0.6) is 17.2 Å². The molecule has 0 unspecified atom stereocenters. The first-order chi connectivity index (χ1) is 10.6. The summed E-state index contributed by atoms with van der Waals surface area (Å²) in [4.78, 5) is 16.9. The van der Waals surface area contributed by atoms with E-state index in [0.717, 1.165) is 5.39 Å². The fraction of sp³-hybridized carbons (Fsp3) is 0.0588. The van der Waals surface area contributed by atoms with Crippen LogP contribution in [0.1, 0.15) is 16.1 Å². The van der Waals surface area contributed by atoms with Crippen molar-refractivity contribution < 1.29 is 19.7 Å². The summed E-state index contributed by atoms with van der Waals surface area (Å²) in [6.07, 6.45) is 1.54. The number of hydrogen-bond donors (Lipinski definition) is 2. The molecule has 0 fully saturated rings. The number of aromatic nitrogens is 1. The van der Waals surface area contributed by atoms with Crippen molar-refractivity contribution in [3.8, 4) is 28.4 Å². The topological polar surface area (TPSA) is 79.7 Å². The van der Waals surface area contributed by atoms with Crippen LogP contribution in [0.2, 0.25) is 0 Å². The van der Waals surface area contributed by atoms with Crippen molar-refractivity contribution in [3.63, 3.8) is 0 Å². The van der Waals surface area contributed by atoms with Gasteiger partial charge < -0.3 is 14.9 Å². The number of carbonyl (C=O) groups excluding carboxylic acids is 1. The Labute approximate surface area is 125 Å². The first kappa shape index (κ1) is 12.6. The average Bonchev–Trinajstić information content (AvgIpc) is 2.53. The maximum Gasteiger partial charge on any atom is 0.216 e. The lowest BCUT2D eigenvalue weighted by molar-refractivity contribution is 0.103. The second kappa shape index (κ2) is 4.21. The molecule has 1 heterocycles. The molecule has 0 atom stereocenters. The van der Waals surface area contributed by atoms with Crippen molar-refractivity contribution in [1.29, 1.82) is 0 Å². The summed E-state index contributed by atoms with van der Waals surface area (Å²) >= 11 is 0. The van der Waals surface area contributed by atoms with Gasteiger partial charge in [0.1, 0.15) is 11.4 Å². The smallest absolute Gasteiger partial charge is 0.216 e. The van der Waals surface area contributed by atoms with E-state index >= 15 is 0 Å². The van der Waals surface area contributed by atoms with E-state index in [-0.39, 0.29) is 34.3 Å². The van der Waals surface area contributed by atoms with Gasteiger partial charge >= 0.3 is 0 Å². The summed E-state index contributed by atoms with van der Waals surface area (Å²) in [6.45, 7) is 0. The number of hydrogen-bond acceptors (Lipinski definition) is 5. The molecular formula is C17H11NO4. The van der Waals surface area contributed by atoms with Gasteiger partial charge in [-0.2, -0.15) is 0 Å². The van der Waals surface area contributed by atoms with Crippen molar-refractivity contribution >= 4 is 16.6 Å². The van der Waals surface area contributed by atoms with E-state index in [0.29, 0.717) is 16.5 Å². The summed E-state index contributed by atoms with van der Waals surface area (Å²) in [5.41, 5.74) is 1.31. The van der Waals surface area contributed by atoms with E-state index in [1.54, 1.807) is 36.5 Å². The van der Waals surface area contributed by atoms with Gasteiger partial charge in [-0.25, -0.2) is 0 Å². The van der Waals surface area contributed by atoms with Crippen LogP contribution in [0.3, 0.4) is 0 Å². The Morgan fingerprint density at radius 3 is 2.64 bits per heavy atom. The molecule has 3 aromatic rings. The van der Waals surface area contributed by atoms with Crippen LogP contribution in [0.25, 0.3) is 21.9 Å². The summed E-state index contributed by atoms with van der Waals surface area (Å²) in [6, 6.07) is 8.32. The van der Waals surface area contributed by atoms with Crippen LogP contribution in [0, 0.1) is 0 Å². The predicted octanol–water partition coefficient (Wildman–Crippen LogP) is 2.87. The van der Waals surface area contributed by atoms with Crippen molar-refractivity contribution in [2.45, 2.75) is 0 Å². The molecule has 0 spiro atoms. The monoisotopic (exact) mass is 293 g/mol. The number of ketones is 1. The highest BCUT2D eigenvalue weighted by atomic mass is 16.5. The maximum absolute atomic E-state index is 12.7. The number of nitrogens with zero attached hydrogens (tertiary/aromatic N) is 1. The van der Waals surface area contributed by atoms with Gasteiger partial charge in [-0.3, -0.25) is 9.78 Å². The first-order valence-electron chi connectivity index (χ1n) is 6.69. The van der Waals surface area contributed by atoms with Crippen LogP contribution >= 0.6 is 0 Å². The van der Waals surface area contributed by atoms with Gasteiger partial charge in [-0.1, -0.05) is 6.07 Å². The minimum absolute atomic E-state index is 0.0417. The predicted molar refractivity (Wildman–Crippen MR) is 80.5 cm³/mol. The summed E-state index contributed by atoms with van der Waals surface area (Å²) in [5, 5.41) is 22.0. The molecule has 0 saturated carbocycles. The molecule has 0 saturated heterocycles. The van der Waals surface area contributed by atoms with E-state index in [1.807, 2.05) is 0 Å². The highest BCUT2D eigenvalue weighted by molar-refractivity contribution is 6.26. The standard InChI is InChI=1S/C17H11NO4/c1-22-11-5-3-9-13-10(19)4-2-8-6-7-18-15(12(8)13)17(21)14(9)16(11)20/h2-7,19-20H,1H3. The molecule has 22 heavy (non-hydrogen) atoms. The zero-order valence-corrected chi connectivity index (χ0v) is 11.6. The van der Waals surface area contributed by atoms with Crippen LogP contribution in [0.4, 0.5) is 0 Å². The molecule has 2 aromatic carbocycles. The SMILES string of the molecule is COc1ccc2c(c1O)C(=O)c1nccc3ccc(O)c-2c13. The number of ether oxygens (including phenoxy) is 1. The largest absolute Gasteiger partial charge is 0.507 e. The zero-order valence-electron chi connectivity index (χ0n) is 11.6. The second-order valence-electron chi connectivity index (χ2n) is 5.09. The third kappa shape index (κ3) is 1.42. The van der Waals surface area contributed by atoms with Gasteiger partial charge in [0.15, 0.2) is 11.5 Å². The molecule has 0 radical (unpaired) electrons. The Kier molecular flexibility index (Phi) is 2.42. The fourth-order valence-electron chi connectivity index (χ4n) is 3.00. The highest BCUT2D eigenvalue weighted by Gasteiger charge is 2.32. The molecule has 108 valence electrons. The van der Waals surface area contributed by atoms with Gasteiger partial charge in [-0.15, -0.1) is 0 Å². The van der Waals surface area contributed by atoms with Gasteiger partial charge in [0, 0.05) is 22.7 Å². The number of phenolic OH excluding ortho intramolecular Hbond substituents is 2. The van der Waals surface area contributed by atoms with Gasteiger partial charge in [-0.05, 0) is 29.7 Å². The molecular weight excluding hydrogens is 282 g/mol. The lowest BCUT2D eigenvalue weighted by Gasteiger charge is -2.21. The molecule has 1 aromatic heterocycles.